The van der Waals surface area contributed by atoms with Gasteiger partial charge in [-0.15, -0.1) is 24.0 Å². The van der Waals surface area contributed by atoms with E-state index in [4.69, 9.17) is 0 Å². The van der Waals surface area contributed by atoms with Gasteiger partial charge in [0.15, 0.2) is 5.96 Å². The molecule has 1 aromatic carbocycles. The van der Waals surface area contributed by atoms with Crippen LogP contribution in [0.5, 0.6) is 0 Å². The Morgan fingerprint density at radius 3 is 2.65 bits per heavy atom. The van der Waals surface area contributed by atoms with Gasteiger partial charge in [-0.25, -0.2) is 0 Å². The predicted molar refractivity (Wildman–Crippen MR) is 124 cm³/mol. The Kier molecular flexibility index (Phi) is 10.8. The monoisotopic (exact) mass is 550 g/mol. The molecule has 0 aliphatic heterocycles. The number of aliphatic imine (C=N–C) groups is 1. The van der Waals surface area contributed by atoms with E-state index in [1.807, 2.05) is 12.1 Å². The van der Waals surface area contributed by atoms with Gasteiger partial charge in [0, 0.05) is 36.7 Å². The molecule has 142 valence electrons. The second-order valence-electron chi connectivity index (χ2n) is 5.60. The average Bonchev–Trinajstić information content (AvgIpc) is 3.15. The van der Waals surface area contributed by atoms with Crippen molar-refractivity contribution in [3.8, 4) is 0 Å². The second kappa shape index (κ2) is 12.3. The summed E-state index contributed by atoms with van der Waals surface area (Å²) in [5.74, 6) is 1.07. The molecule has 0 aliphatic rings. The molecule has 1 amide bonds. The molecule has 3 N–H and O–H groups in total. The van der Waals surface area contributed by atoms with E-state index >= 15 is 0 Å². The lowest BCUT2D eigenvalue weighted by molar-refractivity contribution is 0.0954. The maximum Gasteiger partial charge on any atom is 0.251 e. The zero-order valence-corrected chi connectivity index (χ0v) is 19.5. The van der Waals surface area contributed by atoms with Crippen LogP contribution in [-0.4, -0.2) is 38.5 Å². The summed E-state index contributed by atoms with van der Waals surface area (Å²) in [7, 11) is 1.74. The van der Waals surface area contributed by atoms with Crippen molar-refractivity contribution in [2.45, 2.75) is 12.8 Å². The molecule has 26 heavy (non-hydrogen) atoms. The number of halogens is 2. The minimum absolute atomic E-state index is 0. The lowest BCUT2D eigenvalue weighted by atomic mass is 10.1. The van der Waals surface area contributed by atoms with Gasteiger partial charge in [-0.2, -0.15) is 11.3 Å². The third-order valence-corrected chi connectivity index (χ3v) is 4.90. The number of hydrogen-bond acceptors (Lipinski definition) is 3. The van der Waals surface area contributed by atoms with Gasteiger partial charge < -0.3 is 16.0 Å². The van der Waals surface area contributed by atoms with Crippen molar-refractivity contribution in [3.05, 3.63) is 56.7 Å². The zero-order chi connectivity index (χ0) is 18.1. The molecule has 8 heteroatoms. The van der Waals surface area contributed by atoms with E-state index in [1.54, 1.807) is 30.5 Å². The van der Waals surface area contributed by atoms with Crippen LogP contribution in [0.3, 0.4) is 0 Å². The number of hydrogen-bond donors (Lipinski definition) is 3. The summed E-state index contributed by atoms with van der Waals surface area (Å²) in [6, 6.07) is 9.47. The summed E-state index contributed by atoms with van der Waals surface area (Å²) in [6.45, 7) is 4.11. The summed E-state index contributed by atoms with van der Waals surface area (Å²) in [4.78, 5) is 16.3. The molecule has 1 unspecified atom stereocenters. The maximum absolute atomic E-state index is 12.1. The quantitative estimate of drug-likeness (QED) is 0.212. The van der Waals surface area contributed by atoms with Gasteiger partial charge in [0.05, 0.1) is 0 Å². The third-order valence-electron chi connectivity index (χ3n) is 3.70. The first-order valence-corrected chi connectivity index (χ1v) is 9.84. The van der Waals surface area contributed by atoms with E-state index in [0.717, 1.165) is 17.0 Å². The van der Waals surface area contributed by atoms with Crippen molar-refractivity contribution in [1.82, 2.24) is 16.0 Å². The van der Waals surface area contributed by atoms with Crippen LogP contribution in [0.25, 0.3) is 0 Å². The lowest BCUT2D eigenvalue weighted by Gasteiger charge is -2.15. The Morgan fingerprint density at radius 1 is 1.23 bits per heavy atom. The van der Waals surface area contributed by atoms with E-state index in [0.29, 0.717) is 24.6 Å². The molecule has 0 saturated heterocycles. The smallest absolute Gasteiger partial charge is 0.251 e. The molecule has 0 radical (unpaired) electrons. The molecule has 1 heterocycles. The molecule has 1 atom stereocenters. The van der Waals surface area contributed by atoms with Gasteiger partial charge in [0.2, 0.25) is 0 Å². The van der Waals surface area contributed by atoms with Crippen molar-refractivity contribution in [1.29, 1.82) is 0 Å². The number of nitrogens with zero attached hydrogens (tertiary/aromatic N) is 1. The van der Waals surface area contributed by atoms with E-state index in [-0.39, 0.29) is 29.9 Å². The number of carbonyl (C=O) groups excluding carboxylic acids is 1. The topological polar surface area (TPSA) is 65.5 Å². The Labute approximate surface area is 184 Å². The Hall–Kier alpha value is -1.13. The van der Waals surface area contributed by atoms with Crippen LogP contribution < -0.4 is 16.0 Å². The number of carbonyl (C=O) groups is 1. The van der Waals surface area contributed by atoms with Gasteiger partial charge in [-0.05, 0) is 46.5 Å². The number of amides is 1. The van der Waals surface area contributed by atoms with E-state index in [1.165, 1.54) is 5.56 Å². The summed E-state index contributed by atoms with van der Waals surface area (Å²) in [6.07, 6.45) is 0. The Bertz CT molecular complexity index is 709. The molecule has 0 aliphatic carbocycles. The fourth-order valence-electron chi connectivity index (χ4n) is 2.23. The van der Waals surface area contributed by atoms with Crippen molar-refractivity contribution >= 4 is 63.1 Å². The Balaban J connectivity index is 0.00000338. The van der Waals surface area contributed by atoms with Crippen LogP contribution in [0, 0.1) is 0 Å². The molecule has 0 saturated carbocycles. The average molecular weight is 551 g/mol. The van der Waals surface area contributed by atoms with Gasteiger partial charge >= 0.3 is 0 Å². The molecule has 0 fully saturated rings. The van der Waals surface area contributed by atoms with Gasteiger partial charge in [0.1, 0.15) is 0 Å². The molecular weight excluding hydrogens is 527 g/mol. The first-order chi connectivity index (χ1) is 12.1. The van der Waals surface area contributed by atoms with Crippen LogP contribution in [0.2, 0.25) is 0 Å². The van der Waals surface area contributed by atoms with Crippen LogP contribution in [-0.2, 0) is 0 Å². The van der Waals surface area contributed by atoms with E-state index < -0.39 is 0 Å². The Morgan fingerprint density at radius 2 is 2.00 bits per heavy atom. The van der Waals surface area contributed by atoms with E-state index in [9.17, 15) is 4.79 Å². The van der Waals surface area contributed by atoms with Crippen molar-refractivity contribution < 1.29 is 4.79 Å². The highest BCUT2D eigenvalue weighted by Gasteiger charge is 2.07. The molecule has 2 rings (SSSR count). The molecule has 5 nitrogen and oxygen atoms in total. The van der Waals surface area contributed by atoms with Crippen LogP contribution >= 0.6 is 51.2 Å². The minimum atomic E-state index is -0.0860. The van der Waals surface area contributed by atoms with Crippen molar-refractivity contribution in [2.75, 3.05) is 26.7 Å². The summed E-state index contributed by atoms with van der Waals surface area (Å²) < 4.78 is 0.891. The van der Waals surface area contributed by atoms with Crippen molar-refractivity contribution in [3.63, 3.8) is 0 Å². The fourth-order valence-corrected chi connectivity index (χ4v) is 3.41. The number of guanidine groups is 1. The highest BCUT2D eigenvalue weighted by Crippen LogP contribution is 2.16. The fraction of sp³-hybridized carbons (Fsp3) is 0.333. The largest absolute Gasteiger partial charge is 0.356 e. The third kappa shape index (κ3) is 7.63. The number of thiophene rings is 1. The normalized spacial score (nSPS) is 12.0. The first-order valence-electron chi connectivity index (χ1n) is 8.10. The summed E-state index contributed by atoms with van der Waals surface area (Å²) >= 11 is 5.08. The van der Waals surface area contributed by atoms with Crippen LogP contribution in [0.4, 0.5) is 0 Å². The highest BCUT2D eigenvalue weighted by molar-refractivity contribution is 14.0. The van der Waals surface area contributed by atoms with Crippen LogP contribution in [0.1, 0.15) is 28.8 Å². The SMILES string of the molecule is CN=C(NCCNC(=O)c1cccc(Br)c1)NCC(C)c1ccsc1.I. The lowest BCUT2D eigenvalue weighted by Crippen LogP contribution is -2.42. The minimum Gasteiger partial charge on any atom is -0.356 e. The predicted octanol–water partition coefficient (Wildman–Crippen LogP) is 3.83. The standard InChI is InChI=1S/C18H23BrN4OS.HI/c1-13(15-6-9-25-12-15)11-23-18(20-2)22-8-7-21-17(24)14-4-3-5-16(19)10-14;/h3-6,9-10,12-13H,7-8,11H2,1-2H3,(H,21,24)(H2,20,22,23);1H. The molecule has 0 spiro atoms. The number of rotatable bonds is 7. The maximum atomic E-state index is 12.1. The molecule has 0 bridgehead atoms. The number of benzene rings is 1. The highest BCUT2D eigenvalue weighted by atomic mass is 127. The first kappa shape index (κ1) is 22.9. The number of nitrogens with one attached hydrogen (secondary N) is 3. The molecule has 1 aromatic heterocycles. The summed E-state index contributed by atoms with van der Waals surface area (Å²) in [5, 5.41) is 13.7. The van der Waals surface area contributed by atoms with E-state index in [2.05, 4.69) is 60.6 Å². The van der Waals surface area contributed by atoms with Gasteiger partial charge in [-0.1, -0.05) is 28.9 Å². The second-order valence-corrected chi connectivity index (χ2v) is 7.30. The van der Waals surface area contributed by atoms with Gasteiger partial charge in [-0.3, -0.25) is 9.79 Å². The summed E-state index contributed by atoms with van der Waals surface area (Å²) in [5.41, 5.74) is 1.97. The molecular formula is C18H24BrIN4OS. The van der Waals surface area contributed by atoms with Crippen molar-refractivity contribution in [2.24, 2.45) is 4.99 Å². The van der Waals surface area contributed by atoms with Crippen LogP contribution in [0.15, 0.2) is 50.6 Å². The molecule has 2 aromatic rings. The van der Waals surface area contributed by atoms with Gasteiger partial charge in [0.25, 0.3) is 5.91 Å². The zero-order valence-electron chi connectivity index (χ0n) is 14.8.